The molecule has 1 heterocycles. The molecule has 5 heteroatoms. The van der Waals surface area contributed by atoms with Gasteiger partial charge >= 0.3 is 0 Å². The van der Waals surface area contributed by atoms with Crippen molar-refractivity contribution in [3.8, 4) is 0 Å². The van der Waals surface area contributed by atoms with Gasteiger partial charge in [0.1, 0.15) is 5.82 Å². The predicted molar refractivity (Wildman–Crippen MR) is 62.9 cm³/mol. The normalized spacial score (nSPS) is 15.7. The Labute approximate surface area is 98.5 Å². The fourth-order valence-corrected chi connectivity index (χ4v) is 1.92. The molecule has 2 rings (SSSR count). The van der Waals surface area contributed by atoms with E-state index in [1.807, 2.05) is 4.90 Å². The van der Waals surface area contributed by atoms with Gasteiger partial charge < -0.3 is 4.90 Å². The Morgan fingerprint density at radius 3 is 2.71 bits per heavy atom. The second kappa shape index (κ2) is 4.95. The molecule has 0 spiro atoms. The van der Waals surface area contributed by atoms with Gasteiger partial charge in [-0.25, -0.2) is 4.39 Å². The molecule has 0 atom stereocenters. The maximum atomic E-state index is 13.5. The molecule has 0 amide bonds. The molecule has 90 valence electrons. The van der Waals surface area contributed by atoms with Crippen LogP contribution in [-0.2, 0) is 0 Å². The molecule has 0 saturated carbocycles. The van der Waals surface area contributed by atoms with E-state index in [0.29, 0.717) is 0 Å². The summed E-state index contributed by atoms with van der Waals surface area (Å²) in [6, 6.07) is 3.89. The molecule has 1 aliphatic rings. The summed E-state index contributed by atoms with van der Waals surface area (Å²) in [5, 5.41) is 10.8. The van der Waals surface area contributed by atoms with Gasteiger partial charge in [0.25, 0.3) is 5.69 Å². The number of hydrogen-bond acceptors (Lipinski definition) is 3. The van der Waals surface area contributed by atoms with Crippen LogP contribution in [0.25, 0.3) is 6.08 Å². The third-order valence-electron chi connectivity index (χ3n) is 2.82. The number of nitro benzene ring substituents is 1. The average Bonchev–Trinajstić information content (AvgIpc) is 2.80. The molecule has 0 radical (unpaired) electrons. The fraction of sp³-hybridized carbons (Fsp3) is 0.333. The highest BCUT2D eigenvalue weighted by atomic mass is 19.1. The molecule has 1 saturated heterocycles. The largest absolute Gasteiger partial charge is 0.377 e. The SMILES string of the molecule is O=[N+]([O-])c1cccc(F)c1/C=C/N1CCCC1. The Bertz CT molecular complexity index is 454. The zero-order chi connectivity index (χ0) is 12.3. The Hall–Kier alpha value is -1.91. The van der Waals surface area contributed by atoms with E-state index in [1.165, 1.54) is 24.3 Å². The topological polar surface area (TPSA) is 46.4 Å². The standard InChI is InChI=1S/C12H13FN2O2/c13-11-4-3-5-12(15(16)17)10(11)6-9-14-7-1-2-8-14/h3-6,9H,1-2,7-8H2/b9-6+. The first-order valence-electron chi connectivity index (χ1n) is 5.53. The van der Waals surface area contributed by atoms with Crippen LogP contribution in [0.5, 0.6) is 0 Å². The summed E-state index contributed by atoms with van der Waals surface area (Å²) in [6.07, 6.45) is 5.45. The van der Waals surface area contributed by atoms with Gasteiger partial charge in [-0.15, -0.1) is 0 Å². The molecule has 0 aromatic heterocycles. The first-order valence-corrected chi connectivity index (χ1v) is 5.53. The lowest BCUT2D eigenvalue weighted by Crippen LogP contribution is -2.10. The minimum absolute atomic E-state index is 0.0457. The Balaban J connectivity index is 2.27. The van der Waals surface area contributed by atoms with Gasteiger partial charge in [0, 0.05) is 19.2 Å². The summed E-state index contributed by atoms with van der Waals surface area (Å²) in [6.45, 7) is 1.86. The molecule has 1 fully saturated rings. The van der Waals surface area contributed by atoms with Gasteiger partial charge in [-0.3, -0.25) is 10.1 Å². The van der Waals surface area contributed by atoms with E-state index >= 15 is 0 Å². The van der Waals surface area contributed by atoms with Crippen LogP contribution in [0.2, 0.25) is 0 Å². The molecular weight excluding hydrogens is 223 g/mol. The second-order valence-electron chi connectivity index (χ2n) is 3.99. The number of nitro groups is 1. The van der Waals surface area contributed by atoms with Gasteiger partial charge in [-0.1, -0.05) is 6.07 Å². The molecule has 0 aliphatic carbocycles. The van der Waals surface area contributed by atoms with Crippen molar-refractivity contribution < 1.29 is 9.31 Å². The zero-order valence-corrected chi connectivity index (χ0v) is 9.30. The van der Waals surface area contributed by atoms with Gasteiger partial charge in [0.05, 0.1) is 10.5 Å². The van der Waals surface area contributed by atoms with Crippen molar-refractivity contribution >= 4 is 11.8 Å². The van der Waals surface area contributed by atoms with Crippen LogP contribution in [-0.4, -0.2) is 22.9 Å². The lowest BCUT2D eigenvalue weighted by atomic mass is 10.1. The number of hydrogen-bond donors (Lipinski definition) is 0. The highest BCUT2D eigenvalue weighted by molar-refractivity contribution is 5.61. The molecule has 0 bridgehead atoms. The maximum Gasteiger partial charge on any atom is 0.279 e. The first kappa shape index (κ1) is 11.6. The lowest BCUT2D eigenvalue weighted by molar-refractivity contribution is -0.385. The van der Waals surface area contributed by atoms with Crippen molar-refractivity contribution in [1.29, 1.82) is 0 Å². The number of likely N-dealkylation sites (tertiary alicyclic amines) is 1. The molecule has 0 unspecified atom stereocenters. The number of halogens is 1. The van der Waals surface area contributed by atoms with Crippen LogP contribution in [0.4, 0.5) is 10.1 Å². The van der Waals surface area contributed by atoms with E-state index < -0.39 is 10.7 Å². The fourth-order valence-electron chi connectivity index (χ4n) is 1.92. The van der Waals surface area contributed by atoms with Crippen LogP contribution in [0, 0.1) is 15.9 Å². The molecule has 17 heavy (non-hydrogen) atoms. The molecule has 4 nitrogen and oxygen atoms in total. The van der Waals surface area contributed by atoms with Crippen LogP contribution in [0.15, 0.2) is 24.4 Å². The van der Waals surface area contributed by atoms with Gasteiger partial charge in [0.2, 0.25) is 0 Å². The highest BCUT2D eigenvalue weighted by Gasteiger charge is 2.15. The summed E-state index contributed by atoms with van der Waals surface area (Å²) in [7, 11) is 0. The Morgan fingerprint density at radius 2 is 2.06 bits per heavy atom. The van der Waals surface area contributed by atoms with E-state index in [9.17, 15) is 14.5 Å². The van der Waals surface area contributed by atoms with Crippen molar-refractivity contribution in [3.05, 3.63) is 45.9 Å². The van der Waals surface area contributed by atoms with Crippen molar-refractivity contribution in [2.24, 2.45) is 0 Å². The minimum atomic E-state index is -0.563. The first-order chi connectivity index (χ1) is 8.18. The Morgan fingerprint density at radius 1 is 1.35 bits per heavy atom. The van der Waals surface area contributed by atoms with Crippen molar-refractivity contribution in [2.75, 3.05) is 13.1 Å². The van der Waals surface area contributed by atoms with Gasteiger partial charge in [0.15, 0.2) is 0 Å². The highest BCUT2D eigenvalue weighted by Crippen LogP contribution is 2.23. The quantitative estimate of drug-likeness (QED) is 0.598. The van der Waals surface area contributed by atoms with Gasteiger partial charge in [-0.2, -0.15) is 0 Å². The molecule has 1 aliphatic heterocycles. The second-order valence-corrected chi connectivity index (χ2v) is 3.99. The molecular formula is C12H13FN2O2. The lowest BCUT2D eigenvalue weighted by Gasteiger charge is -2.10. The van der Waals surface area contributed by atoms with Gasteiger partial charge in [-0.05, 0) is 31.2 Å². The Kier molecular flexibility index (Phi) is 3.37. The summed E-state index contributed by atoms with van der Waals surface area (Å²) >= 11 is 0. The van der Waals surface area contributed by atoms with E-state index in [2.05, 4.69) is 0 Å². The van der Waals surface area contributed by atoms with Crippen LogP contribution >= 0.6 is 0 Å². The van der Waals surface area contributed by atoms with Crippen LogP contribution in [0.1, 0.15) is 18.4 Å². The molecule has 1 aromatic rings. The monoisotopic (exact) mass is 236 g/mol. The van der Waals surface area contributed by atoms with E-state index in [-0.39, 0.29) is 11.3 Å². The van der Waals surface area contributed by atoms with Crippen LogP contribution < -0.4 is 0 Å². The maximum absolute atomic E-state index is 13.5. The zero-order valence-electron chi connectivity index (χ0n) is 9.30. The number of nitrogens with zero attached hydrogens (tertiary/aromatic N) is 2. The summed E-state index contributed by atoms with van der Waals surface area (Å²) < 4.78 is 13.5. The summed E-state index contributed by atoms with van der Waals surface area (Å²) in [5.74, 6) is -0.561. The average molecular weight is 236 g/mol. The smallest absolute Gasteiger partial charge is 0.279 e. The van der Waals surface area contributed by atoms with Crippen LogP contribution in [0.3, 0.4) is 0 Å². The number of benzene rings is 1. The van der Waals surface area contributed by atoms with Crippen molar-refractivity contribution in [1.82, 2.24) is 4.90 Å². The van der Waals surface area contributed by atoms with Crippen molar-refractivity contribution in [2.45, 2.75) is 12.8 Å². The van der Waals surface area contributed by atoms with E-state index in [1.54, 1.807) is 6.20 Å². The molecule has 1 aromatic carbocycles. The van der Waals surface area contributed by atoms with E-state index in [0.717, 1.165) is 25.9 Å². The number of rotatable bonds is 3. The summed E-state index contributed by atoms with van der Waals surface area (Å²) in [5.41, 5.74) is -0.148. The predicted octanol–water partition coefficient (Wildman–Crippen LogP) is 2.80. The third kappa shape index (κ3) is 2.61. The third-order valence-corrected chi connectivity index (χ3v) is 2.82. The molecule has 0 N–H and O–H groups in total. The summed E-state index contributed by atoms with van der Waals surface area (Å²) in [4.78, 5) is 12.2. The minimum Gasteiger partial charge on any atom is -0.377 e. The van der Waals surface area contributed by atoms with Crippen molar-refractivity contribution in [3.63, 3.8) is 0 Å². The van der Waals surface area contributed by atoms with E-state index in [4.69, 9.17) is 0 Å².